The minimum absolute atomic E-state index is 0.118. The van der Waals surface area contributed by atoms with Crippen LogP contribution in [0.2, 0.25) is 0 Å². The maximum Gasteiger partial charge on any atom is 0.253 e. The van der Waals surface area contributed by atoms with E-state index in [1.807, 2.05) is 6.07 Å². The van der Waals surface area contributed by atoms with E-state index in [0.717, 1.165) is 0 Å². The lowest BCUT2D eigenvalue weighted by Crippen LogP contribution is -2.55. The number of rotatable bonds is 3. The lowest BCUT2D eigenvalue weighted by Gasteiger charge is -2.36. The third-order valence-electron chi connectivity index (χ3n) is 4.25. The van der Waals surface area contributed by atoms with Crippen molar-refractivity contribution in [3.63, 3.8) is 0 Å². The molecular formula is C18H20N4O3. The Morgan fingerprint density at radius 2 is 1.92 bits per heavy atom. The number of hydrogen-bond donors (Lipinski definition) is 3. The Kier molecular flexibility index (Phi) is 4.95. The summed E-state index contributed by atoms with van der Waals surface area (Å²) in [7, 11) is 0. The number of nitrogens with zero attached hydrogens (tertiary/aromatic N) is 2. The first-order valence-electron chi connectivity index (χ1n) is 8.09. The van der Waals surface area contributed by atoms with Gasteiger partial charge in [0.1, 0.15) is 5.82 Å². The highest BCUT2D eigenvalue weighted by Gasteiger charge is 2.31. The number of likely N-dealkylation sites (tertiary alicyclic amines) is 1. The van der Waals surface area contributed by atoms with Crippen LogP contribution in [0.1, 0.15) is 27.1 Å². The van der Waals surface area contributed by atoms with Crippen molar-refractivity contribution < 1.29 is 14.7 Å². The molecule has 0 spiro atoms. The molecule has 1 aromatic heterocycles. The number of aromatic nitrogens is 1. The molecule has 1 aliphatic rings. The Morgan fingerprint density at radius 1 is 1.16 bits per heavy atom. The highest BCUT2D eigenvalue weighted by molar-refractivity contribution is 5.95. The van der Waals surface area contributed by atoms with Gasteiger partial charge in [0.15, 0.2) is 0 Å². The van der Waals surface area contributed by atoms with E-state index in [2.05, 4.69) is 10.3 Å². The first-order chi connectivity index (χ1) is 12.0. The van der Waals surface area contributed by atoms with Gasteiger partial charge in [-0.25, -0.2) is 4.98 Å². The molecule has 2 aromatic rings. The summed E-state index contributed by atoms with van der Waals surface area (Å²) in [4.78, 5) is 30.1. The molecule has 0 saturated carbocycles. The van der Waals surface area contributed by atoms with E-state index in [4.69, 9.17) is 5.73 Å². The fourth-order valence-electron chi connectivity index (χ4n) is 2.84. The largest absolute Gasteiger partial charge is 0.389 e. The van der Waals surface area contributed by atoms with Crippen LogP contribution in [-0.4, -0.2) is 52.0 Å². The first-order valence-corrected chi connectivity index (χ1v) is 8.09. The van der Waals surface area contributed by atoms with Gasteiger partial charge in [0.05, 0.1) is 17.7 Å². The predicted octanol–water partition coefficient (Wildman–Crippen LogP) is 0.669. The summed E-state index contributed by atoms with van der Waals surface area (Å²) in [5.41, 5.74) is 6.47. The number of anilines is 1. The average Bonchev–Trinajstić information content (AvgIpc) is 2.64. The number of aliphatic hydroxyl groups excluding tert-OH is 1. The van der Waals surface area contributed by atoms with E-state index >= 15 is 0 Å². The number of hydrogen-bond acceptors (Lipinski definition) is 5. The van der Waals surface area contributed by atoms with Gasteiger partial charge in [0.25, 0.3) is 11.8 Å². The number of carbonyl (C=O) groups is 2. The van der Waals surface area contributed by atoms with Gasteiger partial charge >= 0.3 is 0 Å². The molecule has 7 heteroatoms. The fourth-order valence-corrected chi connectivity index (χ4v) is 2.84. The number of nitrogen functional groups attached to an aromatic ring is 1. The number of β-amino-alcohol motifs (C(OH)–C–C–N with tert-alkyl or cyclic N) is 1. The van der Waals surface area contributed by atoms with Crippen LogP contribution in [0.3, 0.4) is 0 Å². The summed E-state index contributed by atoms with van der Waals surface area (Å²) in [6, 6.07) is 11.7. The molecule has 130 valence electrons. The highest BCUT2D eigenvalue weighted by Crippen LogP contribution is 2.15. The second-order valence-corrected chi connectivity index (χ2v) is 6.02. The number of piperidine rings is 1. The third kappa shape index (κ3) is 3.95. The molecule has 1 aliphatic heterocycles. The van der Waals surface area contributed by atoms with Crippen molar-refractivity contribution in [2.75, 3.05) is 18.8 Å². The van der Waals surface area contributed by atoms with Crippen molar-refractivity contribution in [3.05, 3.63) is 59.8 Å². The highest BCUT2D eigenvalue weighted by atomic mass is 16.3. The zero-order valence-electron chi connectivity index (χ0n) is 13.6. The van der Waals surface area contributed by atoms with E-state index in [1.165, 1.54) is 6.20 Å². The van der Waals surface area contributed by atoms with Crippen LogP contribution in [0.4, 0.5) is 5.82 Å². The summed E-state index contributed by atoms with van der Waals surface area (Å²) in [5, 5.41) is 13.1. The molecule has 2 amide bonds. The summed E-state index contributed by atoms with van der Waals surface area (Å²) >= 11 is 0. The van der Waals surface area contributed by atoms with Gasteiger partial charge in [-0.3, -0.25) is 9.59 Å². The Balaban J connectivity index is 1.59. The number of nitrogens with two attached hydrogens (primary N) is 1. The van der Waals surface area contributed by atoms with E-state index in [-0.39, 0.29) is 18.4 Å². The van der Waals surface area contributed by atoms with Crippen molar-refractivity contribution >= 4 is 17.6 Å². The first kappa shape index (κ1) is 16.9. The van der Waals surface area contributed by atoms with Gasteiger partial charge in [0.2, 0.25) is 0 Å². The zero-order chi connectivity index (χ0) is 17.8. The van der Waals surface area contributed by atoms with Gasteiger partial charge < -0.3 is 21.1 Å². The third-order valence-corrected chi connectivity index (χ3v) is 4.25. The van der Waals surface area contributed by atoms with Gasteiger partial charge in [-0.15, -0.1) is 0 Å². The number of benzene rings is 1. The van der Waals surface area contributed by atoms with Crippen molar-refractivity contribution in [1.29, 1.82) is 0 Å². The topological polar surface area (TPSA) is 109 Å². The molecule has 1 aromatic carbocycles. The molecular weight excluding hydrogens is 320 g/mol. The predicted molar refractivity (Wildman–Crippen MR) is 92.9 cm³/mol. The minimum Gasteiger partial charge on any atom is -0.389 e. The van der Waals surface area contributed by atoms with Crippen LogP contribution < -0.4 is 11.1 Å². The summed E-state index contributed by atoms with van der Waals surface area (Å²) < 4.78 is 0. The standard InChI is InChI=1S/C18H20N4O3/c19-16-7-6-13(10-20-16)17(24)21-14-8-9-22(11-15(14)23)18(25)12-4-2-1-3-5-12/h1-7,10,14-15,23H,8-9,11H2,(H2,19,20)(H,21,24)/t14-,15-/m1/s1. The van der Waals surface area contributed by atoms with Crippen molar-refractivity contribution in [2.24, 2.45) is 0 Å². The van der Waals surface area contributed by atoms with Crippen molar-refractivity contribution in [1.82, 2.24) is 15.2 Å². The molecule has 0 bridgehead atoms. The summed E-state index contributed by atoms with van der Waals surface area (Å²) in [5.74, 6) is -0.101. The number of amides is 2. The van der Waals surface area contributed by atoms with Gasteiger partial charge in [-0.1, -0.05) is 18.2 Å². The summed E-state index contributed by atoms with van der Waals surface area (Å²) in [6.07, 6.45) is 1.05. The van der Waals surface area contributed by atoms with Crippen LogP contribution in [0.5, 0.6) is 0 Å². The molecule has 0 unspecified atom stereocenters. The molecule has 25 heavy (non-hydrogen) atoms. The van der Waals surface area contributed by atoms with E-state index < -0.39 is 12.1 Å². The second kappa shape index (κ2) is 7.31. The van der Waals surface area contributed by atoms with Gasteiger partial charge in [-0.2, -0.15) is 0 Å². The number of nitrogens with one attached hydrogen (secondary N) is 1. The van der Waals surface area contributed by atoms with Crippen molar-refractivity contribution in [3.8, 4) is 0 Å². The van der Waals surface area contributed by atoms with Crippen LogP contribution in [-0.2, 0) is 0 Å². The Bertz CT molecular complexity index is 749. The quantitative estimate of drug-likeness (QED) is 0.761. The monoisotopic (exact) mass is 340 g/mol. The van der Waals surface area contributed by atoms with Crippen LogP contribution in [0, 0.1) is 0 Å². The van der Waals surface area contributed by atoms with E-state index in [9.17, 15) is 14.7 Å². The second-order valence-electron chi connectivity index (χ2n) is 6.02. The molecule has 2 atom stereocenters. The smallest absolute Gasteiger partial charge is 0.253 e. The van der Waals surface area contributed by atoms with Crippen LogP contribution in [0.15, 0.2) is 48.7 Å². The van der Waals surface area contributed by atoms with Crippen molar-refractivity contribution in [2.45, 2.75) is 18.6 Å². The number of aliphatic hydroxyl groups is 1. The number of carbonyl (C=O) groups excluding carboxylic acids is 2. The fraction of sp³-hybridized carbons (Fsp3) is 0.278. The minimum atomic E-state index is -0.827. The summed E-state index contributed by atoms with van der Waals surface area (Å²) in [6.45, 7) is 0.647. The SMILES string of the molecule is Nc1ccc(C(=O)N[C@@H]2CCN(C(=O)c3ccccc3)C[C@H]2O)cn1. The Hall–Kier alpha value is -2.93. The van der Waals surface area contributed by atoms with Gasteiger partial charge in [0, 0.05) is 24.8 Å². The van der Waals surface area contributed by atoms with Crippen LogP contribution in [0.25, 0.3) is 0 Å². The Labute approximate surface area is 145 Å². The lowest BCUT2D eigenvalue weighted by atomic mass is 10.0. The molecule has 7 nitrogen and oxygen atoms in total. The van der Waals surface area contributed by atoms with E-state index in [1.54, 1.807) is 41.3 Å². The molecule has 2 heterocycles. The maximum absolute atomic E-state index is 12.4. The lowest BCUT2D eigenvalue weighted by molar-refractivity contribution is 0.0315. The van der Waals surface area contributed by atoms with Gasteiger partial charge in [-0.05, 0) is 30.7 Å². The Morgan fingerprint density at radius 3 is 2.56 bits per heavy atom. The van der Waals surface area contributed by atoms with E-state index in [0.29, 0.717) is 29.9 Å². The molecule has 3 rings (SSSR count). The average molecular weight is 340 g/mol. The molecule has 4 N–H and O–H groups in total. The normalized spacial score (nSPS) is 20.1. The molecule has 0 radical (unpaired) electrons. The maximum atomic E-state index is 12.4. The molecule has 0 aliphatic carbocycles. The van der Waals surface area contributed by atoms with Crippen LogP contribution >= 0.6 is 0 Å². The zero-order valence-corrected chi connectivity index (χ0v) is 13.6. The number of pyridine rings is 1. The molecule has 1 fully saturated rings. The molecule has 1 saturated heterocycles.